The van der Waals surface area contributed by atoms with Gasteiger partial charge in [-0.3, -0.25) is 4.79 Å². The molecule has 0 spiro atoms. The van der Waals surface area contributed by atoms with Gasteiger partial charge in [0.1, 0.15) is 6.61 Å². The Balaban J connectivity index is 1.56. The Morgan fingerprint density at radius 2 is 2.09 bits per heavy atom. The number of rotatable bonds is 10. The summed E-state index contributed by atoms with van der Waals surface area (Å²) in [6.07, 6.45) is 1.86. The number of benzene rings is 2. The van der Waals surface area contributed by atoms with Gasteiger partial charge >= 0.3 is 6.09 Å². The smallest absolute Gasteiger partial charge is 0.409 e. The second-order valence-electron chi connectivity index (χ2n) is 7.84. The highest BCUT2D eigenvalue weighted by Gasteiger charge is 2.24. The zero-order chi connectivity index (χ0) is 23.2. The number of para-hydroxylation sites is 1. The van der Waals surface area contributed by atoms with Gasteiger partial charge in [0.15, 0.2) is 11.5 Å². The van der Waals surface area contributed by atoms with Gasteiger partial charge in [0, 0.05) is 42.5 Å². The molecule has 174 valence electrons. The Morgan fingerprint density at radius 1 is 1.24 bits per heavy atom. The van der Waals surface area contributed by atoms with E-state index in [2.05, 4.69) is 16.4 Å². The van der Waals surface area contributed by atoms with Crippen LogP contribution in [-0.4, -0.2) is 61.8 Å². The van der Waals surface area contributed by atoms with E-state index in [1.165, 1.54) is 0 Å². The fourth-order valence-corrected chi connectivity index (χ4v) is 4.13. The van der Waals surface area contributed by atoms with Crippen molar-refractivity contribution in [2.45, 2.75) is 19.3 Å². The number of hydrogen-bond donors (Lipinski definition) is 2. The summed E-state index contributed by atoms with van der Waals surface area (Å²) in [5.41, 5.74) is 3.12. The van der Waals surface area contributed by atoms with Crippen molar-refractivity contribution in [1.82, 2.24) is 15.2 Å². The molecule has 0 bridgehead atoms. The molecule has 1 aliphatic rings. The first-order valence-electron chi connectivity index (χ1n) is 11.2. The summed E-state index contributed by atoms with van der Waals surface area (Å²) in [5.74, 6) is 1.12. The normalized spacial score (nSPS) is 14.2. The largest absolute Gasteiger partial charge is 0.493 e. The van der Waals surface area contributed by atoms with Crippen LogP contribution < -0.4 is 14.8 Å². The molecule has 8 heteroatoms. The molecule has 1 saturated heterocycles. The minimum atomic E-state index is -0.360. The van der Waals surface area contributed by atoms with E-state index in [9.17, 15) is 9.59 Å². The highest BCUT2D eigenvalue weighted by atomic mass is 16.6. The number of carbonyl (C=O) groups is 2. The van der Waals surface area contributed by atoms with E-state index >= 15 is 0 Å². The molecule has 2 heterocycles. The van der Waals surface area contributed by atoms with Crippen molar-refractivity contribution in [3.63, 3.8) is 0 Å². The first-order valence-corrected chi connectivity index (χ1v) is 11.2. The van der Waals surface area contributed by atoms with Crippen molar-refractivity contribution in [3.8, 4) is 11.5 Å². The molecule has 4 rings (SSSR count). The summed E-state index contributed by atoms with van der Waals surface area (Å²) >= 11 is 0. The number of aromatic amines is 1. The number of H-pyrrole nitrogens is 1. The van der Waals surface area contributed by atoms with Crippen molar-refractivity contribution in [2.75, 3.05) is 40.0 Å². The number of cyclic esters (lactones) is 1. The lowest BCUT2D eigenvalue weighted by Crippen LogP contribution is -2.33. The summed E-state index contributed by atoms with van der Waals surface area (Å²) in [6.45, 7) is 4.13. The third-order valence-corrected chi connectivity index (χ3v) is 5.84. The van der Waals surface area contributed by atoms with Gasteiger partial charge in [-0.1, -0.05) is 24.3 Å². The van der Waals surface area contributed by atoms with Gasteiger partial charge in [0.25, 0.3) is 0 Å². The van der Waals surface area contributed by atoms with Crippen molar-refractivity contribution in [2.24, 2.45) is 0 Å². The number of ether oxygens (including phenoxy) is 3. The van der Waals surface area contributed by atoms with Crippen LogP contribution >= 0.6 is 0 Å². The van der Waals surface area contributed by atoms with Crippen LogP contribution in [0.5, 0.6) is 11.5 Å². The van der Waals surface area contributed by atoms with Gasteiger partial charge in [-0.05, 0) is 36.2 Å². The highest BCUT2D eigenvalue weighted by Crippen LogP contribution is 2.35. The van der Waals surface area contributed by atoms with Gasteiger partial charge in [0.2, 0.25) is 5.91 Å². The maximum atomic E-state index is 12.6. The predicted octanol–water partition coefficient (Wildman–Crippen LogP) is 3.67. The molecule has 1 aromatic heterocycles. The SMILES string of the molecule is CCOc1ccc(C(CNC(=O)CCN2CCOC2=O)c2c[nH]c3ccccc23)cc1OC. The Morgan fingerprint density at radius 3 is 2.85 bits per heavy atom. The van der Waals surface area contributed by atoms with E-state index in [1.54, 1.807) is 12.0 Å². The summed E-state index contributed by atoms with van der Waals surface area (Å²) in [4.78, 5) is 29.1. The van der Waals surface area contributed by atoms with Crippen LogP contribution in [0.1, 0.15) is 30.4 Å². The number of hydrogen-bond acceptors (Lipinski definition) is 5. The minimum Gasteiger partial charge on any atom is -0.493 e. The van der Waals surface area contributed by atoms with Gasteiger partial charge in [0.05, 0.1) is 20.3 Å². The maximum absolute atomic E-state index is 12.6. The molecule has 1 fully saturated rings. The molecule has 8 nitrogen and oxygen atoms in total. The highest BCUT2D eigenvalue weighted by molar-refractivity contribution is 5.84. The van der Waals surface area contributed by atoms with Gasteiger partial charge < -0.3 is 29.4 Å². The zero-order valence-corrected chi connectivity index (χ0v) is 18.9. The van der Waals surface area contributed by atoms with Crippen molar-refractivity contribution in [1.29, 1.82) is 0 Å². The van der Waals surface area contributed by atoms with Crippen LogP contribution in [0.25, 0.3) is 10.9 Å². The zero-order valence-electron chi connectivity index (χ0n) is 18.9. The summed E-state index contributed by atoms with van der Waals surface area (Å²) in [6, 6.07) is 14.0. The van der Waals surface area contributed by atoms with Crippen LogP contribution in [0.3, 0.4) is 0 Å². The van der Waals surface area contributed by atoms with Crippen LogP contribution in [0, 0.1) is 0 Å². The average molecular weight is 452 g/mol. The van der Waals surface area contributed by atoms with Crippen molar-refractivity contribution < 1.29 is 23.8 Å². The standard InChI is InChI=1S/C25H29N3O5/c1-3-32-22-9-8-17(14-23(22)31-2)19(20-16-26-21-7-5-4-6-18(20)21)15-27-24(29)10-11-28-12-13-33-25(28)30/h4-9,14,16,19,26H,3,10-13,15H2,1-2H3,(H,27,29). The summed E-state index contributed by atoms with van der Waals surface area (Å²) < 4.78 is 16.1. The van der Waals surface area contributed by atoms with Crippen LogP contribution in [0.4, 0.5) is 4.79 Å². The number of carbonyl (C=O) groups excluding carboxylic acids is 2. The van der Waals surface area contributed by atoms with Gasteiger partial charge in [-0.15, -0.1) is 0 Å². The third-order valence-electron chi connectivity index (χ3n) is 5.84. The van der Waals surface area contributed by atoms with Crippen molar-refractivity contribution in [3.05, 3.63) is 59.8 Å². The molecule has 2 aromatic carbocycles. The van der Waals surface area contributed by atoms with Crippen molar-refractivity contribution >= 4 is 22.9 Å². The second kappa shape index (κ2) is 10.3. The van der Waals surface area contributed by atoms with E-state index in [0.717, 1.165) is 22.0 Å². The second-order valence-corrected chi connectivity index (χ2v) is 7.84. The Bertz CT molecular complexity index is 1130. The number of methoxy groups -OCH3 is 1. The minimum absolute atomic E-state index is 0.105. The Labute approximate surface area is 192 Å². The molecule has 33 heavy (non-hydrogen) atoms. The third kappa shape index (κ3) is 5.05. The molecule has 2 N–H and O–H groups in total. The van der Waals surface area contributed by atoms with Crippen LogP contribution in [0.15, 0.2) is 48.7 Å². The van der Waals surface area contributed by atoms with E-state index in [1.807, 2.05) is 49.5 Å². The quantitative estimate of drug-likeness (QED) is 0.491. The monoisotopic (exact) mass is 451 g/mol. The molecule has 0 saturated carbocycles. The molecule has 1 unspecified atom stereocenters. The van der Waals surface area contributed by atoms with E-state index in [-0.39, 0.29) is 24.3 Å². The molecule has 2 amide bonds. The van der Waals surface area contributed by atoms with E-state index < -0.39 is 0 Å². The number of aromatic nitrogens is 1. The summed E-state index contributed by atoms with van der Waals surface area (Å²) in [5, 5.41) is 4.15. The fourth-order valence-electron chi connectivity index (χ4n) is 4.13. The average Bonchev–Trinajstić information content (AvgIpc) is 3.45. The molecule has 0 radical (unpaired) electrons. The first kappa shape index (κ1) is 22.5. The molecule has 1 aliphatic heterocycles. The summed E-state index contributed by atoms with van der Waals surface area (Å²) in [7, 11) is 1.62. The van der Waals surface area contributed by atoms with Crippen LogP contribution in [-0.2, 0) is 9.53 Å². The van der Waals surface area contributed by atoms with Gasteiger partial charge in [-0.25, -0.2) is 4.79 Å². The van der Waals surface area contributed by atoms with Gasteiger partial charge in [-0.2, -0.15) is 0 Å². The molecule has 1 atom stereocenters. The topological polar surface area (TPSA) is 92.9 Å². The first-order chi connectivity index (χ1) is 16.1. The van der Waals surface area contributed by atoms with E-state index in [0.29, 0.717) is 44.3 Å². The number of nitrogens with one attached hydrogen (secondary N) is 2. The predicted molar refractivity (Wildman–Crippen MR) is 125 cm³/mol. The molecular formula is C25H29N3O5. The van der Waals surface area contributed by atoms with Crippen LogP contribution in [0.2, 0.25) is 0 Å². The Hall–Kier alpha value is -3.68. The number of nitrogens with zero attached hydrogens (tertiary/aromatic N) is 1. The van der Waals surface area contributed by atoms with E-state index in [4.69, 9.17) is 14.2 Å². The Kier molecular flexibility index (Phi) is 7.02. The lowest BCUT2D eigenvalue weighted by Gasteiger charge is -2.20. The molecular weight excluding hydrogens is 422 g/mol. The maximum Gasteiger partial charge on any atom is 0.409 e. The lowest BCUT2D eigenvalue weighted by molar-refractivity contribution is -0.121. The lowest BCUT2D eigenvalue weighted by atomic mass is 9.90. The molecule has 3 aromatic rings. The fraction of sp³-hybridized carbons (Fsp3) is 0.360. The number of fused-ring (bicyclic) bond motifs is 1. The number of amides is 2. The molecule has 0 aliphatic carbocycles.